The standard InChI is InChI=1S/C15H14F2N2OS/c1-9-8-10(18)6-7-11(9)14(20)19-12-4-2-3-5-13(12)21-15(16)17/h2-8,15H,18H2,1H3,(H,19,20). The van der Waals surface area contributed by atoms with Crippen LogP contribution in [0.2, 0.25) is 0 Å². The van der Waals surface area contributed by atoms with Crippen molar-refractivity contribution in [3.05, 3.63) is 53.6 Å². The van der Waals surface area contributed by atoms with Crippen molar-refractivity contribution in [1.29, 1.82) is 0 Å². The monoisotopic (exact) mass is 308 g/mol. The molecule has 2 aromatic carbocycles. The first-order valence-corrected chi connectivity index (χ1v) is 7.06. The second-order valence-electron chi connectivity index (χ2n) is 4.40. The average Bonchev–Trinajstić information content (AvgIpc) is 2.40. The average molecular weight is 308 g/mol. The highest BCUT2D eigenvalue weighted by Gasteiger charge is 2.14. The molecule has 2 aromatic rings. The molecule has 0 unspecified atom stereocenters. The second kappa shape index (κ2) is 6.58. The van der Waals surface area contributed by atoms with Crippen molar-refractivity contribution in [3.63, 3.8) is 0 Å². The van der Waals surface area contributed by atoms with Gasteiger partial charge in [0, 0.05) is 16.1 Å². The Bertz CT molecular complexity index is 662. The Morgan fingerprint density at radius 2 is 1.95 bits per heavy atom. The predicted octanol–water partition coefficient (Wildman–Crippen LogP) is 4.14. The molecule has 0 spiro atoms. The molecule has 0 heterocycles. The van der Waals surface area contributed by atoms with Crippen molar-refractivity contribution < 1.29 is 13.6 Å². The van der Waals surface area contributed by atoms with Gasteiger partial charge in [0.25, 0.3) is 11.7 Å². The van der Waals surface area contributed by atoms with Crippen molar-refractivity contribution in [3.8, 4) is 0 Å². The molecule has 0 saturated carbocycles. The number of thioether (sulfide) groups is 1. The number of hydrogen-bond donors (Lipinski definition) is 2. The van der Waals surface area contributed by atoms with Crippen LogP contribution >= 0.6 is 11.8 Å². The summed E-state index contributed by atoms with van der Waals surface area (Å²) >= 11 is 0.401. The lowest BCUT2D eigenvalue weighted by atomic mass is 10.1. The Labute approximate surface area is 125 Å². The summed E-state index contributed by atoms with van der Waals surface area (Å²) in [6.07, 6.45) is 0. The Morgan fingerprint density at radius 3 is 2.62 bits per heavy atom. The third-order valence-corrected chi connectivity index (χ3v) is 3.63. The summed E-state index contributed by atoms with van der Waals surface area (Å²) < 4.78 is 25.0. The fourth-order valence-electron chi connectivity index (χ4n) is 1.90. The number of nitrogens with two attached hydrogens (primary N) is 1. The number of carbonyl (C=O) groups is 1. The van der Waals surface area contributed by atoms with Crippen LogP contribution < -0.4 is 11.1 Å². The Balaban J connectivity index is 2.23. The van der Waals surface area contributed by atoms with Gasteiger partial charge in [0.2, 0.25) is 0 Å². The lowest BCUT2D eigenvalue weighted by Crippen LogP contribution is -2.14. The number of amides is 1. The van der Waals surface area contributed by atoms with Gasteiger partial charge < -0.3 is 11.1 Å². The van der Waals surface area contributed by atoms with Gasteiger partial charge >= 0.3 is 0 Å². The maximum absolute atomic E-state index is 12.5. The van der Waals surface area contributed by atoms with Gasteiger partial charge in [0.05, 0.1) is 5.69 Å². The van der Waals surface area contributed by atoms with E-state index in [4.69, 9.17) is 5.73 Å². The van der Waals surface area contributed by atoms with Crippen LogP contribution in [0.4, 0.5) is 20.2 Å². The first kappa shape index (κ1) is 15.3. The molecular weight excluding hydrogens is 294 g/mol. The van der Waals surface area contributed by atoms with Crippen LogP contribution in [0.5, 0.6) is 0 Å². The molecule has 2 rings (SSSR count). The number of benzene rings is 2. The number of hydrogen-bond acceptors (Lipinski definition) is 3. The quantitative estimate of drug-likeness (QED) is 0.659. The molecule has 21 heavy (non-hydrogen) atoms. The van der Waals surface area contributed by atoms with Crippen LogP contribution in [0.3, 0.4) is 0 Å². The van der Waals surface area contributed by atoms with E-state index in [1.807, 2.05) is 0 Å². The molecule has 3 nitrogen and oxygen atoms in total. The first-order chi connectivity index (χ1) is 9.97. The SMILES string of the molecule is Cc1cc(N)ccc1C(=O)Nc1ccccc1SC(F)F. The number of para-hydroxylation sites is 1. The maximum Gasteiger partial charge on any atom is 0.288 e. The molecule has 0 aliphatic carbocycles. The van der Waals surface area contributed by atoms with E-state index in [1.165, 1.54) is 0 Å². The molecule has 3 N–H and O–H groups in total. The number of nitrogens with one attached hydrogen (secondary N) is 1. The minimum Gasteiger partial charge on any atom is -0.399 e. The number of halogens is 2. The summed E-state index contributed by atoms with van der Waals surface area (Å²) in [5, 5.41) is 2.66. The van der Waals surface area contributed by atoms with E-state index < -0.39 is 5.76 Å². The number of nitrogen functional groups attached to an aromatic ring is 1. The molecule has 0 fully saturated rings. The summed E-state index contributed by atoms with van der Waals surface area (Å²) in [7, 11) is 0. The first-order valence-electron chi connectivity index (χ1n) is 6.18. The molecule has 110 valence electrons. The van der Waals surface area contributed by atoms with Crippen LogP contribution in [0, 0.1) is 6.92 Å². The van der Waals surface area contributed by atoms with Crippen LogP contribution in [-0.2, 0) is 0 Å². The molecule has 1 amide bonds. The summed E-state index contributed by atoms with van der Waals surface area (Å²) in [6, 6.07) is 11.4. The highest BCUT2D eigenvalue weighted by molar-refractivity contribution is 7.99. The molecule has 0 saturated heterocycles. The Hall–Kier alpha value is -2.08. The second-order valence-corrected chi connectivity index (χ2v) is 5.44. The maximum atomic E-state index is 12.5. The van der Waals surface area contributed by atoms with Gasteiger partial charge in [-0.2, -0.15) is 8.78 Å². The number of carbonyl (C=O) groups excluding carboxylic acids is 1. The fraction of sp³-hybridized carbons (Fsp3) is 0.133. The van der Waals surface area contributed by atoms with E-state index in [0.29, 0.717) is 33.6 Å². The van der Waals surface area contributed by atoms with Crippen LogP contribution in [0.15, 0.2) is 47.4 Å². The number of aryl methyl sites for hydroxylation is 1. The summed E-state index contributed by atoms with van der Waals surface area (Å²) in [5.41, 5.74) is 7.76. The third kappa shape index (κ3) is 3.95. The molecular formula is C15H14F2N2OS. The van der Waals surface area contributed by atoms with Crippen molar-refractivity contribution in [2.24, 2.45) is 0 Å². The van der Waals surface area contributed by atoms with E-state index >= 15 is 0 Å². The summed E-state index contributed by atoms with van der Waals surface area (Å²) in [6.45, 7) is 1.77. The zero-order valence-corrected chi connectivity index (χ0v) is 12.1. The smallest absolute Gasteiger partial charge is 0.288 e. The van der Waals surface area contributed by atoms with Crippen molar-refractivity contribution in [2.75, 3.05) is 11.1 Å². The lowest BCUT2D eigenvalue weighted by Gasteiger charge is -2.11. The number of anilines is 2. The van der Waals surface area contributed by atoms with Gasteiger partial charge in [-0.3, -0.25) is 4.79 Å². The Kier molecular flexibility index (Phi) is 4.80. The topological polar surface area (TPSA) is 55.1 Å². The zero-order chi connectivity index (χ0) is 15.4. The van der Waals surface area contributed by atoms with E-state index in [1.54, 1.807) is 49.4 Å². The lowest BCUT2D eigenvalue weighted by molar-refractivity contribution is 0.102. The van der Waals surface area contributed by atoms with Crippen LogP contribution in [-0.4, -0.2) is 11.7 Å². The molecule has 0 radical (unpaired) electrons. The van der Waals surface area contributed by atoms with Gasteiger partial charge in [-0.1, -0.05) is 23.9 Å². The normalized spacial score (nSPS) is 10.7. The van der Waals surface area contributed by atoms with E-state index in [9.17, 15) is 13.6 Å². The molecule has 0 aliphatic heterocycles. The van der Waals surface area contributed by atoms with E-state index in [0.717, 1.165) is 5.56 Å². The Morgan fingerprint density at radius 1 is 1.24 bits per heavy atom. The van der Waals surface area contributed by atoms with Crippen molar-refractivity contribution in [1.82, 2.24) is 0 Å². The predicted molar refractivity (Wildman–Crippen MR) is 81.8 cm³/mol. The van der Waals surface area contributed by atoms with Gasteiger partial charge in [-0.15, -0.1) is 0 Å². The van der Waals surface area contributed by atoms with E-state index in [2.05, 4.69) is 5.32 Å². The molecule has 0 aromatic heterocycles. The van der Waals surface area contributed by atoms with Gasteiger partial charge in [-0.05, 0) is 42.8 Å². The molecule has 0 aliphatic rings. The third-order valence-electron chi connectivity index (χ3n) is 2.85. The minimum atomic E-state index is -2.54. The highest BCUT2D eigenvalue weighted by Crippen LogP contribution is 2.32. The van der Waals surface area contributed by atoms with E-state index in [-0.39, 0.29) is 5.91 Å². The van der Waals surface area contributed by atoms with Crippen LogP contribution in [0.25, 0.3) is 0 Å². The van der Waals surface area contributed by atoms with Crippen molar-refractivity contribution >= 4 is 29.0 Å². The zero-order valence-electron chi connectivity index (χ0n) is 11.3. The minimum absolute atomic E-state index is 0.328. The number of alkyl halides is 2. The number of rotatable bonds is 4. The van der Waals surface area contributed by atoms with Gasteiger partial charge in [-0.25, -0.2) is 0 Å². The largest absolute Gasteiger partial charge is 0.399 e. The fourth-order valence-corrected chi connectivity index (χ4v) is 2.50. The van der Waals surface area contributed by atoms with Crippen LogP contribution in [0.1, 0.15) is 15.9 Å². The molecule has 0 atom stereocenters. The van der Waals surface area contributed by atoms with Gasteiger partial charge in [0.1, 0.15) is 0 Å². The van der Waals surface area contributed by atoms with Crippen molar-refractivity contribution in [2.45, 2.75) is 17.6 Å². The highest BCUT2D eigenvalue weighted by atomic mass is 32.2. The molecule has 6 heteroatoms. The summed E-state index contributed by atoms with van der Waals surface area (Å²) in [4.78, 5) is 12.6. The van der Waals surface area contributed by atoms with Gasteiger partial charge in [0.15, 0.2) is 0 Å². The summed E-state index contributed by atoms with van der Waals surface area (Å²) in [5.74, 6) is -2.89. The molecule has 0 bridgehead atoms.